The number of aryl methyl sites for hydroxylation is 1. The van der Waals surface area contributed by atoms with Crippen LogP contribution in [-0.2, 0) is 19.0 Å². The van der Waals surface area contributed by atoms with Crippen LogP contribution in [0.25, 0.3) is 0 Å². The minimum Gasteiger partial charge on any atom is -0.387 e. The highest BCUT2D eigenvalue weighted by Crippen LogP contribution is 2.23. The van der Waals surface area contributed by atoms with Crippen molar-refractivity contribution >= 4 is 5.96 Å². The van der Waals surface area contributed by atoms with E-state index in [1.54, 1.807) is 6.08 Å². The summed E-state index contributed by atoms with van der Waals surface area (Å²) in [5, 5.41) is 25.0. The number of hydrogen-bond acceptors (Lipinski definition) is 4. The topological polar surface area (TPSA) is 87.4 Å². The van der Waals surface area contributed by atoms with E-state index in [0.717, 1.165) is 17.2 Å². The van der Waals surface area contributed by atoms with Crippen LogP contribution < -0.4 is 10.6 Å². The predicted molar refractivity (Wildman–Crippen MR) is 113 cm³/mol. The Labute approximate surface area is 167 Å². The third kappa shape index (κ3) is 5.92. The van der Waals surface area contributed by atoms with Gasteiger partial charge in [-0.1, -0.05) is 51.1 Å². The Morgan fingerprint density at radius 3 is 2.46 bits per heavy atom. The summed E-state index contributed by atoms with van der Waals surface area (Å²) in [6.07, 6.45) is 1.12. The van der Waals surface area contributed by atoms with E-state index < -0.39 is 6.10 Å². The molecule has 0 saturated carbocycles. The quantitative estimate of drug-likeness (QED) is 0.388. The van der Waals surface area contributed by atoms with Crippen LogP contribution >= 0.6 is 0 Å². The van der Waals surface area contributed by atoms with Gasteiger partial charge in [-0.3, -0.25) is 0 Å². The standard InChI is InChI=1S/C21H32N6O/c1-7-12-22-20(24-14-19-26-25-15(2)27(19)6)23-13-18(28)16-8-10-17(11-9-16)21(3,4)5/h7-11,18,28H,1,12-14H2,2-6H3,(H2,22,23,24). The highest BCUT2D eigenvalue weighted by molar-refractivity contribution is 5.79. The summed E-state index contributed by atoms with van der Waals surface area (Å²) in [6, 6.07) is 8.09. The van der Waals surface area contributed by atoms with E-state index in [1.807, 2.05) is 30.7 Å². The normalized spacial score (nSPS) is 13.3. The first-order valence-electron chi connectivity index (χ1n) is 9.49. The molecule has 0 saturated heterocycles. The number of nitrogens with one attached hydrogen (secondary N) is 2. The molecule has 1 heterocycles. The number of guanidine groups is 1. The maximum absolute atomic E-state index is 10.5. The molecule has 2 aromatic rings. The van der Waals surface area contributed by atoms with Crippen LogP contribution in [0.15, 0.2) is 41.9 Å². The van der Waals surface area contributed by atoms with Gasteiger partial charge >= 0.3 is 0 Å². The lowest BCUT2D eigenvalue weighted by atomic mass is 9.86. The van der Waals surface area contributed by atoms with Crippen LogP contribution in [-0.4, -0.2) is 38.9 Å². The lowest BCUT2D eigenvalue weighted by Crippen LogP contribution is -2.39. The fourth-order valence-corrected chi connectivity index (χ4v) is 2.60. The molecule has 7 heteroatoms. The van der Waals surface area contributed by atoms with Crippen molar-refractivity contribution in [3.05, 3.63) is 59.7 Å². The van der Waals surface area contributed by atoms with Gasteiger partial charge in [-0.25, -0.2) is 4.99 Å². The zero-order valence-corrected chi connectivity index (χ0v) is 17.5. The zero-order chi connectivity index (χ0) is 20.7. The lowest BCUT2D eigenvalue weighted by Gasteiger charge is -2.20. The SMILES string of the molecule is C=CCNC(=NCc1nnc(C)n1C)NCC(O)c1ccc(C(C)(C)C)cc1. The third-order valence-corrected chi connectivity index (χ3v) is 4.60. The summed E-state index contributed by atoms with van der Waals surface area (Å²) in [7, 11) is 1.91. The molecule has 0 bridgehead atoms. The van der Waals surface area contributed by atoms with Crippen molar-refractivity contribution in [1.82, 2.24) is 25.4 Å². The molecule has 0 amide bonds. The number of hydrogen-bond donors (Lipinski definition) is 3. The molecule has 0 radical (unpaired) electrons. The fraction of sp³-hybridized carbons (Fsp3) is 0.476. The Bertz CT molecular complexity index is 801. The average molecular weight is 385 g/mol. The van der Waals surface area contributed by atoms with Gasteiger partial charge in [0.25, 0.3) is 0 Å². The fourth-order valence-electron chi connectivity index (χ4n) is 2.60. The monoisotopic (exact) mass is 384 g/mol. The van der Waals surface area contributed by atoms with E-state index in [-0.39, 0.29) is 5.41 Å². The highest BCUT2D eigenvalue weighted by Gasteiger charge is 2.15. The highest BCUT2D eigenvalue weighted by atomic mass is 16.3. The molecule has 1 atom stereocenters. The molecule has 0 aliphatic rings. The second-order valence-corrected chi connectivity index (χ2v) is 7.83. The molecule has 1 unspecified atom stereocenters. The van der Waals surface area contributed by atoms with Crippen LogP contribution in [0.5, 0.6) is 0 Å². The number of aromatic nitrogens is 3. The van der Waals surface area contributed by atoms with Gasteiger partial charge < -0.3 is 20.3 Å². The van der Waals surface area contributed by atoms with Crippen LogP contribution in [0.2, 0.25) is 0 Å². The van der Waals surface area contributed by atoms with Gasteiger partial charge in [0, 0.05) is 20.1 Å². The number of benzene rings is 1. The largest absolute Gasteiger partial charge is 0.387 e. The molecule has 1 aromatic heterocycles. The van der Waals surface area contributed by atoms with Gasteiger partial charge in [-0.15, -0.1) is 16.8 Å². The average Bonchev–Trinajstić information content (AvgIpc) is 2.98. The Balaban J connectivity index is 2.00. The summed E-state index contributed by atoms with van der Waals surface area (Å²) in [5.74, 6) is 2.20. The van der Waals surface area contributed by atoms with Crippen molar-refractivity contribution in [2.45, 2.75) is 45.8 Å². The molecule has 0 aliphatic heterocycles. The number of aliphatic hydroxyl groups excluding tert-OH is 1. The van der Waals surface area contributed by atoms with Gasteiger partial charge in [0.15, 0.2) is 11.8 Å². The Kier molecular flexibility index (Phi) is 7.34. The van der Waals surface area contributed by atoms with Crippen molar-refractivity contribution in [2.75, 3.05) is 13.1 Å². The summed E-state index contributed by atoms with van der Waals surface area (Å²) in [5.41, 5.74) is 2.20. The van der Waals surface area contributed by atoms with E-state index >= 15 is 0 Å². The molecule has 28 heavy (non-hydrogen) atoms. The minimum absolute atomic E-state index is 0.0916. The van der Waals surface area contributed by atoms with Crippen molar-refractivity contribution in [3.63, 3.8) is 0 Å². The van der Waals surface area contributed by atoms with Gasteiger partial charge in [0.1, 0.15) is 12.4 Å². The Morgan fingerprint density at radius 1 is 1.25 bits per heavy atom. The van der Waals surface area contributed by atoms with E-state index in [2.05, 4.69) is 65.3 Å². The van der Waals surface area contributed by atoms with Crippen LogP contribution in [0.1, 0.15) is 49.7 Å². The van der Waals surface area contributed by atoms with Gasteiger partial charge in [0.2, 0.25) is 0 Å². The molecule has 7 nitrogen and oxygen atoms in total. The first-order valence-corrected chi connectivity index (χ1v) is 9.49. The number of aliphatic imine (C=N–C) groups is 1. The predicted octanol–water partition coefficient (Wildman–Crippen LogP) is 2.38. The molecule has 3 N–H and O–H groups in total. The van der Waals surface area contributed by atoms with Gasteiger partial charge in [-0.2, -0.15) is 0 Å². The molecule has 0 aliphatic carbocycles. The van der Waals surface area contributed by atoms with Crippen molar-refractivity contribution in [2.24, 2.45) is 12.0 Å². The van der Waals surface area contributed by atoms with Gasteiger partial charge in [0.05, 0.1) is 6.10 Å². The third-order valence-electron chi connectivity index (χ3n) is 4.60. The number of nitrogens with zero attached hydrogens (tertiary/aromatic N) is 4. The number of aliphatic hydroxyl groups is 1. The van der Waals surface area contributed by atoms with E-state index in [9.17, 15) is 5.11 Å². The molecule has 1 aromatic carbocycles. The van der Waals surface area contributed by atoms with Crippen LogP contribution in [0.3, 0.4) is 0 Å². The lowest BCUT2D eigenvalue weighted by molar-refractivity contribution is 0.181. The second kappa shape index (κ2) is 9.50. The smallest absolute Gasteiger partial charge is 0.192 e. The Hall–Kier alpha value is -2.67. The van der Waals surface area contributed by atoms with Crippen LogP contribution in [0, 0.1) is 6.92 Å². The molecule has 152 valence electrons. The van der Waals surface area contributed by atoms with Gasteiger partial charge in [-0.05, 0) is 23.5 Å². The number of rotatable bonds is 7. The summed E-state index contributed by atoms with van der Waals surface area (Å²) in [4.78, 5) is 4.53. The van der Waals surface area contributed by atoms with Crippen molar-refractivity contribution in [1.29, 1.82) is 0 Å². The first kappa shape index (κ1) is 21.6. The Morgan fingerprint density at radius 2 is 1.93 bits per heavy atom. The maximum atomic E-state index is 10.5. The molecule has 2 rings (SSSR count). The molecule has 0 fully saturated rings. The molecular formula is C21H32N6O. The maximum Gasteiger partial charge on any atom is 0.192 e. The van der Waals surface area contributed by atoms with Crippen molar-refractivity contribution < 1.29 is 5.11 Å². The molecular weight excluding hydrogens is 352 g/mol. The molecule has 0 spiro atoms. The second-order valence-electron chi connectivity index (χ2n) is 7.83. The zero-order valence-electron chi connectivity index (χ0n) is 17.5. The van der Waals surface area contributed by atoms with E-state index in [4.69, 9.17) is 0 Å². The van der Waals surface area contributed by atoms with Crippen molar-refractivity contribution in [3.8, 4) is 0 Å². The summed E-state index contributed by atoms with van der Waals surface area (Å²) < 4.78 is 1.90. The minimum atomic E-state index is -0.637. The first-order chi connectivity index (χ1) is 13.2. The summed E-state index contributed by atoms with van der Waals surface area (Å²) in [6.45, 7) is 13.4. The van der Waals surface area contributed by atoms with Crippen LogP contribution in [0.4, 0.5) is 0 Å². The van der Waals surface area contributed by atoms with E-state index in [0.29, 0.717) is 25.6 Å². The summed E-state index contributed by atoms with van der Waals surface area (Å²) >= 11 is 0. The van der Waals surface area contributed by atoms with E-state index in [1.165, 1.54) is 5.56 Å².